The molecule has 0 heterocycles. The Morgan fingerprint density at radius 2 is 2.00 bits per heavy atom. The van der Waals surface area contributed by atoms with Gasteiger partial charge in [-0.1, -0.05) is 41.3 Å². The minimum Gasteiger partial charge on any atom is -0.207 e. The van der Waals surface area contributed by atoms with Crippen LogP contribution < -0.4 is 4.72 Å². The van der Waals surface area contributed by atoms with Crippen LogP contribution in [0.4, 0.5) is 0 Å². The Kier molecular flexibility index (Phi) is 5.19. The topological polar surface area (TPSA) is 70.0 Å². The first-order chi connectivity index (χ1) is 9.53. The van der Waals surface area contributed by atoms with Gasteiger partial charge in [-0.2, -0.15) is 9.98 Å². The Morgan fingerprint density at radius 1 is 1.30 bits per heavy atom. The van der Waals surface area contributed by atoms with Crippen LogP contribution in [0.5, 0.6) is 0 Å². The first kappa shape index (κ1) is 15.5. The van der Waals surface area contributed by atoms with Crippen molar-refractivity contribution in [2.75, 3.05) is 0 Å². The van der Waals surface area contributed by atoms with Gasteiger partial charge in [-0.05, 0) is 37.0 Å². The van der Waals surface area contributed by atoms with Crippen LogP contribution in [0.2, 0.25) is 0 Å². The molecule has 0 radical (unpaired) electrons. The molecule has 1 aromatic carbocycles. The molecule has 0 aliphatic heterocycles. The molecule has 1 aliphatic rings. The predicted molar refractivity (Wildman–Crippen MR) is 80.4 cm³/mol. The second-order valence-corrected chi connectivity index (χ2v) is 7.71. The molecule has 1 aliphatic carbocycles. The van der Waals surface area contributed by atoms with Crippen LogP contribution in [0.1, 0.15) is 32.1 Å². The van der Waals surface area contributed by atoms with Crippen molar-refractivity contribution in [1.29, 1.82) is 5.26 Å². The van der Waals surface area contributed by atoms with Crippen molar-refractivity contribution in [3.63, 3.8) is 0 Å². The molecule has 1 saturated carbocycles. The van der Waals surface area contributed by atoms with Crippen LogP contribution in [0.25, 0.3) is 0 Å². The van der Waals surface area contributed by atoms with E-state index in [2.05, 4.69) is 26.7 Å². The van der Waals surface area contributed by atoms with E-state index in [0.717, 1.165) is 25.7 Å². The summed E-state index contributed by atoms with van der Waals surface area (Å²) in [6.07, 6.45) is 5.15. The number of rotatable bonds is 4. The normalized spacial score (nSPS) is 18.4. The summed E-state index contributed by atoms with van der Waals surface area (Å²) in [7, 11) is -3.65. The molecule has 0 saturated heterocycles. The SMILES string of the molecule is N#CC(NS(=O)(=O)c1cccc(Br)c1)C1CCCCC1. The van der Waals surface area contributed by atoms with E-state index in [0.29, 0.717) is 4.47 Å². The van der Waals surface area contributed by atoms with Gasteiger partial charge < -0.3 is 0 Å². The van der Waals surface area contributed by atoms with E-state index in [4.69, 9.17) is 0 Å². The van der Waals surface area contributed by atoms with E-state index in [-0.39, 0.29) is 10.8 Å². The zero-order valence-corrected chi connectivity index (χ0v) is 13.5. The molecule has 0 amide bonds. The van der Waals surface area contributed by atoms with Crippen molar-refractivity contribution >= 4 is 26.0 Å². The van der Waals surface area contributed by atoms with Crippen LogP contribution in [-0.2, 0) is 10.0 Å². The standard InChI is InChI=1S/C14H17BrN2O2S/c15-12-7-4-8-13(9-12)20(18,19)17-14(10-16)11-5-2-1-3-6-11/h4,7-9,11,14,17H,1-3,5-6H2. The fourth-order valence-corrected chi connectivity index (χ4v) is 4.37. The fraction of sp³-hybridized carbons (Fsp3) is 0.500. The van der Waals surface area contributed by atoms with Crippen LogP contribution >= 0.6 is 15.9 Å². The summed E-state index contributed by atoms with van der Waals surface area (Å²) in [5.41, 5.74) is 0. The quantitative estimate of drug-likeness (QED) is 0.900. The number of halogens is 1. The first-order valence-corrected chi connectivity index (χ1v) is 8.98. The smallest absolute Gasteiger partial charge is 0.207 e. The van der Waals surface area contributed by atoms with Crippen molar-refractivity contribution in [3.05, 3.63) is 28.7 Å². The molecule has 0 aromatic heterocycles. The van der Waals surface area contributed by atoms with Gasteiger partial charge in [-0.15, -0.1) is 0 Å². The van der Waals surface area contributed by atoms with E-state index in [1.165, 1.54) is 18.6 Å². The van der Waals surface area contributed by atoms with Crippen molar-refractivity contribution in [3.8, 4) is 6.07 Å². The van der Waals surface area contributed by atoms with Crippen LogP contribution in [0.15, 0.2) is 33.6 Å². The van der Waals surface area contributed by atoms with Crippen LogP contribution in [0, 0.1) is 17.2 Å². The van der Waals surface area contributed by atoms with E-state index < -0.39 is 16.1 Å². The molecule has 6 heteroatoms. The number of nitrogens with one attached hydrogen (secondary N) is 1. The van der Waals surface area contributed by atoms with Gasteiger partial charge in [0.2, 0.25) is 10.0 Å². The molecule has 108 valence electrons. The maximum Gasteiger partial charge on any atom is 0.241 e. The minimum atomic E-state index is -3.65. The average Bonchev–Trinajstić information content (AvgIpc) is 2.46. The molecule has 1 unspecified atom stereocenters. The predicted octanol–water partition coefficient (Wildman–Crippen LogP) is 3.20. The Hall–Kier alpha value is -0.900. The molecule has 1 fully saturated rings. The second kappa shape index (κ2) is 6.70. The molecule has 1 atom stereocenters. The Bertz CT molecular complexity index is 604. The van der Waals surface area contributed by atoms with E-state index in [1.54, 1.807) is 12.1 Å². The highest BCUT2D eigenvalue weighted by molar-refractivity contribution is 9.10. The summed E-state index contributed by atoms with van der Waals surface area (Å²) in [6, 6.07) is 7.97. The summed E-state index contributed by atoms with van der Waals surface area (Å²) >= 11 is 3.26. The fourth-order valence-electron chi connectivity index (χ4n) is 2.56. The lowest BCUT2D eigenvalue weighted by Crippen LogP contribution is -2.40. The second-order valence-electron chi connectivity index (χ2n) is 5.08. The lowest BCUT2D eigenvalue weighted by atomic mass is 9.85. The van der Waals surface area contributed by atoms with Crippen LogP contribution in [-0.4, -0.2) is 14.5 Å². The van der Waals surface area contributed by atoms with Crippen molar-refractivity contribution in [2.45, 2.75) is 43.0 Å². The summed E-state index contributed by atoms with van der Waals surface area (Å²) < 4.78 is 27.9. The van der Waals surface area contributed by atoms with Gasteiger partial charge in [-0.3, -0.25) is 0 Å². The van der Waals surface area contributed by atoms with Gasteiger partial charge in [0.25, 0.3) is 0 Å². The van der Waals surface area contributed by atoms with Crippen LogP contribution in [0.3, 0.4) is 0 Å². The van der Waals surface area contributed by atoms with Gasteiger partial charge in [-0.25, -0.2) is 8.42 Å². The maximum absolute atomic E-state index is 12.3. The Morgan fingerprint density at radius 3 is 2.60 bits per heavy atom. The highest BCUT2D eigenvalue weighted by Gasteiger charge is 2.28. The van der Waals surface area contributed by atoms with Gasteiger partial charge in [0.1, 0.15) is 6.04 Å². The third-order valence-electron chi connectivity index (χ3n) is 3.65. The van der Waals surface area contributed by atoms with E-state index >= 15 is 0 Å². The van der Waals surface area contributed by atoms with Gasteiger partial charge in [0.15, 0.2) is 0 Å². The van der Waals surface area contributed by atoms with Crippen molar-refractivity contribution in [1.82, 2.24) is 4.72 Å². The first-order valence-electron chi connectivity index (χ1n) is 6.70. The molecular weight excluding hydrogens is 340 g/mol. The molecule has 2 rings (SSSR count). The lowest BCUT2D eigenvalue weighted by Gasteiger charge is -2.26. The Balaban J connectivity index is 2.16. The molecule has 1 N–H and O–H groups in total. The monoisotopic (exact) mass is 356 g/mol. The largest absolute Gasteiger partial charge is 0.241 e. The minimum absolute atomic E-state index is 0.121. The third-order valence-corrected chi connectivity index (χ3v) is 5.58. The molecule has 4 nitrogen and oxygen atoms in total. The highest BCUT2D eigenvalue weighted by Crippen LogP contribution is 2.27. The Labute approximate surface area is 128 Å². The number of nitrogens with zero attached hydrogens (tertiary/aromatic N) is 1. The molecule has 20 heavy (non-hydrogen) atoms. The summed E-state index contributed by atoms with van der Waals surface area (Å²) in [5.74, 6) is 0.121. The molecular formula is C14H17BrN2O2S. The number of benzene rings is 1. The third kappa shape index (κ3) is 3.81. The van der Waals surface area contributed by atoms with Gasteiger partial charge >= 0.3 is 0 Å². The average molecular weight is 357 g/mol. The summed E-state index contributed by atoms with van der Waals surface area (Å²) in [6.45, 7) is 0. The number of hydrogen-bond acceptors (Lipinski definition) is 3. The highest BCUT2D eigenvalue weighted by atomic mass is 79.9. The summed E-state index contributed by atoms with van der Waals surface area (Å²) in [5, 5.41) is 9.26. The van der Waals surface area contributed by atoms with Gasteiger partial charge in [0.05, 0.1) is 11.0 Å². The maximum atomic E-state index is 12.3. The zero-order valence-electron chi connectivity index (χ0n) is 11.0. The number of hydrogen-bond donors (Lipinski definition) is 1. The molecule has 0 bridgehead atoms. The van der Waals surface area contributed by atoms with Gasteiger partial charge in [0, 0.05) is 4.47 Å². The van der Waals surface area contributed by atoms with Crippen molar-refractivity contribution < 1.29 is 8.42 Å². The van der Waals surface area contributed by atoms with E-state index in [1.807, 2.05) is 0 Å². The van der Waals surface area contributed by atoms with E-state index in [9.17, 15) is 13.7 Å². The molecule has 0 spiro atoms. The number of nitriles is 1. The lowest BCUT2D eigenvalue weighted by molar-refractivity contribution is 0.324. The number of sulfonamides is 1. The zero-order chi connectivity index (χ0) is 14.6. The van der Waals surface area contributed by atoms with Crippen molar-refractivity contribution in [2.24, 2.45) is 5.92 Å². The summed E-state index contributed by atoms with van der Waals surface area (Å²) in [4.78, 5) is 0.183. The molecule has 1 aromatic rings.